The summed E-state index contributed by atoms with van der Waals surface area (Å²) in [5.41, 5.74) is 1.47. The van der Waals surface area contributed by atoms with Gasteiger partial charge < -0.3 is 10.6 Å². The fourth-order valence-electron chi connectivity index (χ4n) is 2.31. The summed E-state index contributed by atoms with van der Waals surface area (Å²) in [4.78, 5) is 20.5. The van der Waals surface area contributed by atoms with Gasteiger partial charge in [-0.15, -0.1) is 0 Å². The van der Waals surface area contributed by atoms with Gasteiger partial charge in [0.25, 0.3) is 5.91 Å². The van der Waals surface area contributed by atoms with Gasteiger partial charge in [0.1, 0.15) is 17.3 Å². The molecule has 2 N–H and O–H groups in total. The number of carbonyl (C=O) groups excluding carboxylic acids is 1. The highest BCUT2D eigenvalue weighted by Crippen LogP contribution is 2.19. The molecule has 8 heteroatoms. The summed E-state index contributed by atoms with van der Waals surface area (Å²) < 4.78 is 26.1. The zero-order chi connectivity index (χ0) is 19.2. The Labute approximate surface area is 159 Å². The van der Waals surface area contributed by atoms with Crippen molar-refractivity contribution in [3.05, 3.63) is 82.6 Å². The van der Waals surface area contributed by atoms with Gasteiger partial charge in [0, 0.05) is 18.4 Å². The number of nitrogens with zero attached hydrogens (tertiary/aromatic N) is 2. The number of halogens is 3. The van der Waals surface area contributed by atoms with Crippen molar-refractivity contribution in [2.45, 2.75) is 6.42 Å². The molecule has 0 aliphatic carbocycles. The van der Waals surface area contributed by atoms with E-state index in [-0.39, 0.29) is 16.5 Å². The van der Waals surface area contributed by atoms with E-state index < -0.39 is 11.7 Å². The second-order valence-electron chi connectivity index (χ2n) is 5.65. The lowest BCUT2D eigenvalue weighted by Gasteiger charge is -2.08. The molecule has 0 fully saturated rings. The van der Waals surface area contributed by atoms with Gasteiger partial charge in [-0.3, -0.25) is 4.79 Å². The first-order valence-electron chi connectivity index (χ1n) is 8.09. The molecule has 1 amide bonds. The number of nitrogens with one attached hydrogen (secondary N) is 2. The Morgan fingerprint density at radius 3 is 2.59 bits per heavy atom. The van der Waals surface area contributed by atoms with Crippen molar-refractivity contribution in [1.82, 2.24) is 9.97 Å². The van der Waals surface area contributed by atoms with Crippen molar-refractivity contribution >= 4 is 29.1 Å². The molecule has 0 atom stereocenters. The lowest BCUT2D eigenvalue weighted by atomic mass is 10.1. The van der Waals surface area contributed by atoms with E-state index in [0.717, 1.165) is 5.56 Å². The molecule has 0 unspecified atom stereocenters. The second-order valence-corrected chi connectivity index (χ2v) is 6.06. The third kappa shape index (κ3) is 5.21. The topological polar surface area (TPSA) is 66.9 Å². The number of carbonyl (C=O) groups is 1. The van der Waals surface area contributed by atoms with E-state index in [9.17, 15) is 13.6 Å². The van der Waals surface area contributed by atoms with Crippen LogP contribution in [-0.4, -0.2) is 22.4 Å². The fourth-order valence-corrected chi connectivity index (χ4v) is 2.49. The van der Waals surface area contributed by atoms with Crippen LogP contribution in [0.15, 0.2) is 54.7 Å². The monoisotopic (exact) mass is 388 g/mol. The Morgan fingerprint density at radius 2 is 1.85 bits per heavy atom. The maximum atomic E-state index is 13.2. The Bertz CT molecular complexity index is 951. The number of benzene rings is 2. The molecule has 0 radical (unpaired) electrons. The summed E-state index contributed by atoms with van der Waals surface area (Å²) in [5, 5.41) is 5.53. The van der Waals surface area contributed by atoms with Crippen LogP contribution in [0.2, 0.25) is 5.02 Å². The molecule has 0 aliphatic heterocycles. The quantitative estimate of drug-likeness (QED) is 0.660. The minimum atomic E-state index is -0.565. The van der Waals surface area contributed by atoms with E-state index >= 15 is 0 Å². The summed E-state index contributed by atoms with van der Waals surface area (Å²) in [5.74, 6) is -1.02. The highest BCUT2D eigenvalue weighted by Gasteiger charge is 2.10. The van der Waals surface area contributed by atoms with Gasteiger partial charge in [-0.25, -0.2) is 18.7 Å². The molecule has 1 heterocycles. The minimum absolute atomic E-state index is 0.0846. The maximum Gasteiger partial charge on any atom is 0.274 e. The van der Waals surface area contributed by atoms with Gasteiger partial charge >= 0.3 is 0 Å². The second kappa shape index (κ2) is 8.55. The van der Waals surface area contributed by atoms with Crippen molar-refractivity contribution in [2.24, 2.45) is 0 Å². The zero-order valence-corrected chi connectivity index (χ0v) is 14.8. The highest BCUT2D eigenvalue weighted by atomic mass is 35.5. The average Bonchev–Trinajstić information content (AvgIpc) is 2.66. The molecule has 0 saturated heterocycles. The van der Waals surface area contributed by atoms with Crippen molar-refractivity contribution in [3.63, 3.8) is 0 Å². The van der Waals surface area contributed by atoms with Crippen LogP contribution in [0.1, 0.15) is 16.1 Å². The number of hydrogen-bond donors (Lipinski definition) is 2. The van der Waals surface area contributed by atoms with Gasteiger partial charge in [-0.05, 0) is 48.4 Å². The summed E-state index contributed by atoms with van der Waals surface area (Å²) in [6, 6.07) is 11.6. The van der Waals surface area contributed by atoms with Crippen LogP contribution in [0.4, 0.5) is 20.4 Å². The largest absolute Gasteiger partial charge is 0.354 e. The van der Waals surface area contributed by atoms with Crippen molar-refractivity contribution in [1.29, 1.82) is 0 Å². The van der Waals surface area contributed by atoms with Crippen molar-refractivity contribution in [3.8, 4) is 0 Å². The van der Waals surface area contributed by atoms with E-state index in [1.165, 1.54) is 42.6 Å². The average molecular weight is 389 g/mol. The molecule has 5 nitrogen and oxygen atoms in total. The third-order valence-corrected chi connectivity index (χ3v) is 3.97. The highest BCUT2D eigenvalue weighted by molar-refractivity contribution is 6.31. The van der Waals surface area contributed by atoms with Gasteiger partial charge in [-0.1, -0.05) is 23.7 Å². The molecule has 0 bridgehead atoms. The molecule has 1 aromatic heterocycles. The molecule has 138 valence electrons. The first-order valence-corrected chi connectivity index (χ1v) is 8.47. The van der Waals surface area contributed by atoms with E-state index in [4.69, 9.17) is 11.6 Å². The standard InChI is InChI=1S/C19H15ClF2N4O/c20-15-11-14(5-6-16(15)22)25-18(27)17-8-10-24-19(26-17)23-9-7-12-1-3-13(21)4-2-12/h1-6,8,10-11H,7,9H2,(H,25,27)(H,23,24,26). The van der Waals surface area contributed by atoms with E-state index in [0.29, 0.717) is 24.6 Å². The maximum absolute atomic E-state index is 13.2. The Balaban J connectivity index is 1.59. The third-order valence-electron chi connectivity index (χ3n) is 3.68. The zero-order valence-electron chi connectivity index (χ0n) is 14.0. The Kier molecular flexibility index (Phi) is 5.93. The van der Waals surface area contributed by atoms with Crippen LogP contribution in [0.5, 0.6) is 0 Å². The number of aromatic nitrogens is 2. The van der Waals surface area contributed by atoms with Gasteiger partial charge in [0.15, 0.2) is 0 Å². The van der Waals surface area contributed by atoms with Gasteiger partial charge in [0.05, 0.1) is 5.02 Å². The molecule has 3 rings (SSSR count). The molecule has 2 aromatic carbocycles. The molecular weight excluding hydrogens is 374 g/mol. The van der Waals surface area contributed by atoms with Crippen molar-refractivity contribution in [2.75, 3.05) is 17.2 Å². The fraction of sp³-hybridized carbons (Fsp3) is 0.105. The SMILES string of the molecule is O=C(Nc1ccc(F)c(Cl)c1)c1ccnc(NCCc2ccc(F)cc2)n1. The normalized spacial score (nSPS) is 10.5. The number of amides is 1. The first kappa shape index (κ1) is 18.7. The van der Waals surface area contributed by atoms with E-state index in [2.05, 4.69) is 20.6 Å². The molecule has 0 saturated carbocycles. The van der Waals surface area contributed by atoms with Crippen LogP contribution < -0.4 is 10.6 Å². The first-order chi connectivity index (χ1) is 13.0. The molecule has 27 heavy (non-hydrogen) atoms. The summed E-state index contributed by atoms with van der Waals surface area (Å²) in [6.07, 6.45) is 2.11. The molecular formula is C19H15ClF2N4O. The van der Waals surface area contributed by atoms with Crippen LogP contribution in [0, 0.1) is 11.6 Å². The minimum Gasteiger partial charge on any atom is -0.354 e. The number of rotatable bonds is 6. The molecule has 3 aromatic rings. The number of hydrogen-bond acceptors (Lipinski definition) is 4. The van der Waals surface area contributed by atoms with Crippen LogP contribution >= 0.6 is 11.6 Å². The lowest BCUT2D eigenvalue weighted by Crippen LogP contribution is -2.16. The van der Waals surface area contributed by atoms with Crippen LogP contribution in [-0.2, 0) is 6.42 Å². The smallest absolute Gasteiger partial charge is 0.274 e. The predicted molar refractivity (Wildman–Crippen MR) is 100.0 cm³/mol. The lowest BCUT2D eigenvalue weighted by molar-refractivity contribution is 0.102. The van der Waals surface area contributed by atoms with E-state index in [1.807, 2.05) is 0 Å². The van der Waals surface area contributed by atoms with Gasteiger partial charge in [0.2, 0.25) is 5.95 Å². The van der Waals surface area contributed by atoms with Crippen LogP contribution in [0.25, 0.3) is 0 Å². The number of anilines is 2. The predicted octanol–water partition coefficient (Wildman–Crippen LogP) is 4.32. The Hall–Kier alpha value is -3.06. The Morgan fingerprint density at radius 1 is 1.07 bits per heavy atom. The summed E-state index contributed by atoms with van der Waals surface area (Å²) in [6.45, 7) is 0.518. The van der Waals surface area contributed by atoms with Gasteiger partial charge in [-0.2, -0.15) is 0 Å². The molecule has 0 spiro atoms. The summed E-state index contributed by atoms with van der Waals surface area (Å²) in [7, 11) is 0. The summed E-state index contributed by atoms with van der Waals surface area (Å²) >= 11 is 5.70. The van der Waals surface area contributed by atoms with Crippen molar-refractivity contribution < 1.29 is 13.6 Å². The molecule has 0 aliphatic rings. The van der Waals surface area contributed by atoms with Crippen LogP contribution in [0.3, 0.4) is 0 Å². The van der Waals surface area contributed by atoms with E-state index in [1.54, 1.807) is 12.1 Å².